The van der Waals surface area contributed by atoms with E-state index in [-0.39, 0.29) is 24.4 Å². The Morgan fingerprint density at radius 2 is 1.03 bits per heavy atom. The Morgan fingerprint density at radius 1 is 0.622 bits per heavy atom. The molecule has 2 aromatic rings. The van der Waals surface area contributed by atoms with Crippen LogP contribution in [-0.4, -0.2) is 30.2 Å². The van der Waals surface area contributed by atoms with Gasteiger partial charge in [0.2, 0.25) is 0 Å². The Morgan fingerprint density at radius 3 is 1.41 bits per heavy atom. The van der Waals surface area contributed by atoms with Gasteiger partial charge in [-0.3, -0.25) is 0 Å². The molecule has 4 atom stereocenters. The van der Waals surface area contributed by atoms with E-state index in [0.29, 0.717) is 13.2 Å². The molecular formula is C33H50O4. The molecule has 4 heteroatoms. The highest BCUT2D eigenvalue weighted by molar-refractivity contribution is 5.14. The van der Waals surface area contributed by atoms with Crippen molar-refractivity contribution in [1.29, 1.82) is 0 Å². The summed E-state index contributed by atoms with van der Waals surface area (Å²) in [6.07, 6.45) is 11.2. The van der Waals surface area contributed by atoms with Gasteiger partial charge in [0.15, 0.2) is 5.79 Å². The predicted molar refractivity (Wildman–Crippen MR) is 151 cm³/mol. The highest BCUT2D eigenvalue weighted by Crippen LogP contribution is 2.37. The highest BCUT2D eigenvalue weighted by atomic mass is 16.8. The molecule has 0 unspecified atom stereocenters. The minimum atomic E-state index is -0.662. The number of hydrogen-bond acceptors (Lipinski definition) is 4. The lowest BCUT2D eigenvalue weighted by molar-refractivity contribution is -0.167. The van der Waals surface area contributed by atoms with Crippen LogP contribution in [0.5, 0.6) is 0 Å². The van der Waals surface area contributed by atoms with E-state index in [1.807, 2.05) is 26.0 Å². The molecule has 4 nitrogen and oxygen atoms in total. The van der Waals surface area contributed by atoms with Crippen molar-refractivity contribution in [3.05, 3.63) is 71.8 Å². The molecule has 1 heterocycles. The topological polar surface area (TPSA) is 36.9 Å². The SMILES string of the molecule is CCCCCC[C@H](OCc1ccccc1)[C@H]1OC(C)(C)O[C@@H]1[C@H](CCCCCC)OCc1ccccc1. The monoisotopic (exact) mass is 510 g/mol. The maximum absolute atomic E-state index is 6.61. The summed E-state index contributed by atoms with van der Waals surface area (Å²) in [5.74, 6) is -0.662. The molecule has 3 rings (SSSR count). The van der Waals surface area contributed by atoms with Gasteiger partial charge < -0.3 is 18.9 Å². The van der Waals surface area contributed by atoms with Crippen molar-refractivity contribution in [3.63, 3.8) is 0 Å². The number of ether oxygens (including phenoxy) is 4. The third-order valence-corrected chi connectivity index (χ3v) is 7.19. The summed E-state index contributed by atoms with van der Waals surface area (Å²) in [5, 5.41) is 0. The molecule has 1 fully saturated rings. The Labute approximate surface area is 226 Å². The molecule has 1 aliphatic rings. The lowest BCUT2D eigenvalue weighted by atomic mass is 9.95. The van der Waals surface area contributed by atoms with Gasteiger partial charge in [0.25, 0.3) is 0 Å². The zero-order valence-corrected chi connectivity index (χ0v) is 23.7. The van der Waals surface area contributed by atoms with Crippen LogP contribution in [0.1, 0.15) is 103 Å². The molecule has 0 aromatic heterocycles. The molecule has 0 bridgehead atoms. The lowest BCUT2D eigenvalue weighted by Gasteiger charge is -2.31. The van der Waals surface area contributed by atoms with Crippen LogP contribution < -0.4 is 0 Å². The zero-order valence-electron chi connectivity index (χ0n) is 23.7. The van der Waals surface area contributed by atoms with Gasteiger partial charge in [-0.1, -0.05) is 126 Å². The van der Waals surface area contributed by atoms with Crippen molar-refractivity contribution in [2.75, 3.05) is 0 Å². The first kappa shape index (κ1) is 29.8. The molecule has 2 aromatic carbocycles. The van der Waals surface area contributed by atoms with Gasteiger partial charge in [0.1, 0.15) is 12.2 Å². The normalized spacial score (nSPS) is 20.6. The summed E-state index contributed by atoms with van der Waals surface area (Å²) < 4.78 is 26.4. The molecule has 0 radical (unpaired) electrons. The number of unbranched alkanes of at least 4 members (excludes halogenated alkanes) is 6. The lowest BCUT2D eigenvalue weighted by Crippen LogP contribution is -2.44. The Kier molecular flexibility index (Phi) is 13.1. The van der Waals surface area contributed by atoms with Gasteiger partial charge in [-0.25, -0.2) is 0 Å². The van der Waals surface area contributed by atoms with Crippen LogP contribution in [-0.2, 0) is 32.2 Å². The van der Waals surface area contributed by atoms with Gasteiger partial charge in [-0.05, 0) is 37.8 Å². The van der Waals surface area contributed by atoms with Crippen LogP contribution >= 0.6 is 0 Å². The van der Waals surface area contributed by atoms with Gasteiger partial charge >= 0.3 is 0 Å². The first-order valence-corrected chi connectivity index (χ1v) is 14.7. The van der Waals surface area contributed by atoms with E-state index in [1.165, 1.54) is 49.7 Å². The number of benzene rings is 2. The largest absolute Gasteiger partial charge is 0.371 e. The van der Waals surface area contributed by atoms with E-state index >= 15 is 0 Å². The van der Waals surface area contributed by atoms with Gasteiger partial charge in [-0.2, -0.15) is 0 Å². The van der Waals surface area contributed by atoms with Gasteiger partial charge in [-0.15, -0.1) is 0 Å². The molecule has 0 aliphatic carbocycles. The zero-order chi connectivity index (χ0) is 26.3. The van der Waals surface area contributed by atoms with Crippen molar-refractivity contribution in [2.45, 2.75) is 135 Å². The molecule has 206 valence electrons. The molecule has 0 amide bonds. The minimum Gasteiger partial charge on any atom is -0.371 e. The van der Waals surface area contributed by atoms with Crippen LogP contribution in [0.15, 0.2) is 60.7 Å². The molecular weight excluding hydrogens is 460 g/mol. The van der Waals surface area contributed by atoms with E-state index in [0.717, 1.165) is 25.7 Å². The summed E-state index contributed by atoms with van der Waals surface area (Å²) in [6, 6.07) is 20.9. The summed E-state index contributed by atoms with van der Waals surface area (Å²) >= 11 is 0. The maximum Gasteiger partial charge on any atom is 0.164 e. The fourth-order valence-corrected chi connectivity index (χ4v) is 5.18. The molecule has 0 N–H and O–H groups in total. The highest BCUT2D eigenvalue weighted by Gasteiger charge is 2.49. The van der Waals surface area contributed by atoms with Crippen molar-refractivity contribution in [1.82, 2.24) is 0 Å². The fourth-order valence-electron chi connectivity index (χ4n) is 5.18. The van der Waals surface area contributed by atoms with E-state index in [1.54, 1.807) is 0 Å². The minimum absolute atomic E-state index is 0.0395. The quantitative estimate of drug-likeness (QED) is 0.188. The first-order chi connectivity index (χ1) is 18.0. The van der Waals surface area contributed by atoms with Gasteiger partial charge in [0.05, 0.1) is 25.4 Å². The summed E-state index contributed by atoms with van der Waals surface area (Å²) in [7, 11) is 0. The number of hydrogen-bond donors (Lipinski definition) is 0. The van der Waals surface area contributed by atoms with Gasteiger partial charge in [0, 0.05) is 0 Å². The molecule has 0 saturated carbocycles. The Hall–Kier alpha value is -1.72. The van der Waals surface area contributed by atoms with Crippen molar-refractivity contribution >= 4 is 0 Å². The van der Waals surface area contributed by atoms with Crippen LogP contribution in [0.4, 0.5) is 0 Å². The first-order valence-electron chi connectivity index (χ1n) is 14.7. The van der Waals surface area contributed by atoms with Crippen molar-refractivity contribution in [2.24, 2.45) is 0 Å². The molecule has 37 heavy (non-hydrogen) atoms. The third kappa shape index (κ3) is 10.5. The van der Waals surface area contributed by atoms with Crippen LogP contribution in [0.25, 0.3) is 0 Å². The summed E-state index contributed by atoms with van der Waals surface area (Å²) in [6.45, 7) is 9.72. The average Bonchev–Trinajstić information content (AvgIpc) is 3.24. The van der Waals surface area contributed by atoms with Crippen molar-refractivity contribution in [3.8, 4) is 0 Å². The van der Waals surface area contributed by atoms with E-state index in [9.17, 15) is 0 Å². The van der Waals surface area contributed by atoms with Crippen LogP contribution in [0.2, 0.25) is 0 Å². The second-order valence-corrected chi connectivity index (χ2v) is 10.9. The van der Waals surface area contributed by atoms with Crippen molar-refractivity contribution < 1.29 is 18.9 Å². The summed E-state index contributed by atoms with van der Waals surface area (Å²) in [4.78, 5) is 0. The van der Waals surface area contributed by atoms with E-state index in [2.05, 4.69) is 62.4 Å². The predicted octanol–water partition coefficient (Wildman–Crippen LogP) is 8.62. The second kappa shape index (κ2) is 16.3. The fraction of sp³-hybridized carbons (Fsp3) is 0.636. The molecule has 1 aliphatic heterocycles. The van der Waals surface area contributed by atoms with Crippen LogP contribution in [0.3, 0.4) is 0 Å². The average molecular weight is 511 g/mol. The second-order valence-electron chi connectivity index (χ2n) is 10.9. The van der Waals surface area contributed by atoms with E-state index in [4.69, 9.17) is 18.9 Å². The standard InChI is InChI=1S/C33H50O4/c1-5-7-9-17-23-29(34-25-27-19-13-11-14-20-27)31-32(37-33(3,4)36-31)30(24-18-10-8-6-2)35-26-28-21-15-12-16-22-28/h11-16,19-22,29-32H,5-10,17-18,23-26H2,1-4H3/t29-,30-,31+,32+/m0/s1. The molecule has 1 saturated heterocycles. The third-order valence-electron chi connectivity index (χ3n) is 7.19. The Balaban J connectivity index is 1.76. The summed E-state index contributed by atoms with van der Waals surface area (Å²) in [5.41, 5.74) is 2.37. The smallest absolute Gasteiger partial charge is 0.164 e. The van der Waals surface area contributed by atoms with Crippen LogP contribution in [0, 0.1) is 0 Å². The molecule has 0 spiro atoms. The Bertz CT molecular complexity index is 768. The number of rotatable bonds is 18. The maximum atomic E-state index is 6.61. The van der Waals surface area contributed by atoms with E-state index < -0.39 is 5.79 Å².